The van der Waals surface area contributed by atoms with Gasteiger partial charge in [-0.05, 0) is 30.7 Å². The lowest BCUT2D eigenvalue weighted by molar-refractivity contribution is -0.118. The number of carbonyl (C=O) groups is 4. The Hall–Kier alpha value is -3.68. The minimum atomic E-state index is -0.324. The standard InChI is InChI=1S/C20H17N3O5/c24-17(21-12-7-8-15-16(10-12)28-11-18(25)22-15)6-3-9-23-19(26)13-4-1-2-5-14(13)20(23)27/h1-2,4-5,7-8,10H,3,6,9,11H2,(H,21,24)(H,22,25). The summed E-state index contributed by atoms with van der Waals surface area (Å²) in [6.45, 7) is 0.115. The lowest BCUT2D eigenvalue weighted by Gasteiger charge is -2.18. The normalized spacial score (nSPS) is 14.9. The van der Waals surface area contributed by atoms with E-state index in [1.54, 1.807) is 42.5 Å². The van der Waals surface area contributed by atoms with Crippen molar-refractivity contribution in [2.24, 2.45) is 0 Å². The molecule has 2 N–H and O–H groups in total. The molecule has 0 fully saturated rings. The Balaban J connectivity index is 1.31. The molecule has 4 rings (SSSR count). The summed E-state index contributed by atoms with van der Waals surface area (Å²) in [7, 11) is 0. The SMILES string of the molecule is O=C(CCCN1C(=O)c2ccccc2C1=O)Nc1ccc2c(c1)OCC(=O)N2. The number of ether oxygens (including phenoxy) is 1. The summed E-state index contributed by atoms with van der Waals surface area (Å²) < 4.78 is 5.32. The number of carbonyl (C=O) groups excluding carboxylic acids is 4. The van der Waals surface area contributed by atoms with Crippen LogP contribution >= 0.6 is 0 Å². The van der Waals surface area contributed by atoms with Crippen LogP contribution in [0.15, 0.2) is 42.5 Å². The molecular weight excluding hydrogens is 362 g/mol. The summed E-state index contributed by atoms with van der Waals surface area (Å²) in [5, 5.41) is 5.42. The lowest BCUT2D eigenvalue weighted by Crippen LogP contribution is -2.31. The predicted molar refractivity (Wildman–Crippen MR) is 100 cm³/mol. The van der Waals surface area contributed by atoms with Crippen molar-refractivity contribution in [1.29, 1.82) is 0 Å². The summed E-state index contributed by atoms with van der Waals surface area (Å²) in [6, 6.07) is 11.6. The second-order valence-electron chi connectivity index (χ2n) is 6.51. The van der Waals surface area contributed by atoms with Gasteiger partial charge >= 0.3 is 0 Å². The maximum absolute atomic E-state index is 12.3. The first-order valence-electron chi connectivity index (χ1n) is 8.85. The van der Waals surface area contributed by atoms with Gasteiger partial charge in [-0.1, -0.05) is 12.1 Å². The molecule has 0 aromatic heterocycles. The maximum atomic E-state index is 12.3. The highest BCUT2D eigenvalue weighted by molar-refractivity contribution is 6.21. The topological polar surface area (TPSA) is 105 Å². The molecule has 8 nitrogen and oxygen atoms in total. The van der Waals surface area contributed by atoms with E-state index in [4.69, 9.17) is 4.74 Å². The highest BCUT2D eigenvalue weighted by Gasteiger charge is 2.34. The maximum Gasteiger partial charge on any atom is 0.262 e. The first-order valence-corrected chi connectivity index (χ1v) is 8.85. The number of benzene rings is 2. The van der Waals surface area contributed by atoms with Crippen molar-refractivity contribution in [3.63, 3.8) is 0 Å². The number of fused-ring (bicyclic) bond motifs is 2. The van der Waals surface area contributed by atoms with E-state index in [-0.39, 0.29) is 43.2 Å². The van der Waals surface area contributed by atoms with Gasteiger partial charge in [0.05, 0.1) is 16.8 Å². The molecule has 2 aliphatic heterocycles. The molecule has 0 unspecified atom stereocenters. The van der Waals surface area contributed by atoms with Crippen LogP contribution in [0.2, 0.25) is 0 Å². The number of anilines is 2. The van der Waals surface area contributed by atoms with Gasteiger partial charge in [-0.3, -0.25) is 24.1 Å². The second-order valence-corrected chi connectivity index (χ2v) is 6.51. The molecule has 0 spiro atoms. The molecule has 0 saturated heterocycles. The van der Waals surface area contributed by atoms with Gasteiger partial charge in [-0.2, -0.15) is 0 Å². The van der Waals surface area contributed by atoms with Crippen LogP contribution in [0.1, 0.15) is 33.6 Å². The first kappa shape index (κ1) is 17.7. The van der Waals surface area contributed by atoms with E-state index in [0.717, 1.165) is 0 Å². The third kappa shape index (κ3) is 3.32. The van der Waals surface area contributed by atoms with Crippen molar-refractivity contribution in [3.05, 3.63) is 53.6 Å². The summed E-state index contributed by atoms with van der Waals surface area (Å²) in [4.78, 5) is 49.2. The molecule has 4 amide bonds. The van der Waals surface area contributed by atoms with Crippen molar-refractivity contribution in [3.8, 4) is 5.75 Å². The molecule has 0 atom stereocenters. The highest BCUT2D eigenvalue weighted by atomic mass is 16.5. The molecule has 28 heavy (non-hydrogen) atoms. The fourth-order valence-corrected chi connectivity index (χ4v) is 3.22. The van der Waals surface area contributed by atoms with E-state index >= 15 is 0 Å². The number of hydrogen-bond acceptors (Lipinski definition) is 5. The van der Waals surface area contributed by atoms with Gasteiger partial charge < -0.3 is 15.4 Å². The number of nitrogens with one attached hydrogen (secondary N) is 2. The van der Waals surface area contributed by atoms with Gasteiger partial charge in [0, 0.05) is 24.7 Å². The van der Waals surface area contributed by atoms with Crippen molar-refractivity contribution >= 4 is 35.0 Å². The third-order valence-electron chi connectivity index (χ3n) is 4.56. The van der Waals surface area contributed by atoms with Crippen LogP contribution in [-0.2, 0) is 9.59 Å². The number of rotatable bonds is 5. The molecule has 2 heterocycles. The predicted octanol–water partition coefficient (Wildman–Crippen LogP) is 2.03. The fourth-order valence-electron chi connectivity index (χ4n) is 3.22. The van der Waals surface area contributed by atoms with Gasteiger partial charge in [-0.15, -0.1) is 0 Å². The third-order valence-corrected chi connectivity index (χ3v) is 4.56. The van der Waals surface area contributed by atoms with Crippen LogP contribution in [0.5, 0.6) is 5.75 Å². The Labute approximate surface area is 160 Å². The zero-order valence-corrected chi connectivity index (χ0v) is 14.9. The molecule has 0 radical (unpaired) electrons. The van der Waals surface area contributed by atoms with Crippen LogP contribution in [0.4, 0.5) is 11.4 Å². The van der Waals surface area contributed by atoms with Crippen LogP contribution in [0, 0.1) is 0 Å². The summed E-state index contributed by atoms with van der Waals surface area (Å²) >= 11 is 0. The summed E-state index contributed by atoms with van der Waals surface area (Å²) in [5.41, 5.74) is 1.90. The average Bonchev–Trinajstić information content (AvgIpc) is 2.93. The zero-order chi connectivity index (χ0) is 19.7. The van der Waals surface area contributed by atoms with Gasteiger partial charge in [0.1, 0.15) is 5.75 Å². The Bertz CT molecular complexity index is 966. The molecule has 142 valence electrons. The van der Waals surface area contributed by atoms with Crippen molar-refractivity contribution in [2.75, 3.05) is 23.8 Å². The highest BCUT2D eigenvalue weighted by Crippen LogP contribution is 2.30. The average molecular weight is 379 g/mol. The van der Waals surface area contributed by atoms with Crippen LogP contribution in [-0.4, -0.2) is 41.7 Å². The second kappa shape index (κ2) is 7.15. The van der Waals surface area contributed by atoms with Gasteiger partial charge in [-0.25, -0.2) is 0 Å². The van der Waals surface area contributed by atoms with E-state index in [1.165, 1.54) is 4.90 Å². The Kier molecular flexibility index (Phi) is 4.52. The Morgan fingerprint density at radius 2 is 1.79 bits per heavy atom. The molecule has 2 aromatic rings. The number of imide groups is 1. The molecule has 0 saturated carbocycles. The van der Waals surface area contributed by atoms with E-state index in [0.29, 0.717) is 34.7 Å². The molecule has 2 aromatic carbocycles. The minimum Gasteiger partial charge on any atom is -0.482 e. The van der Waals surface area contributed by atoms with E-state index in [1.807, 2.05) is 0 Å². The molecule has 2 aliphatic rings. The van der Waals surface area contributed by atoms with Crippen LogP contribution < -0.4 is 15.4 Å². The fraction of sp³-hybridized carbons (Fsp3) is 0.200. The lowest BCUT2D eigenvalue weighted by atomic mass is 10.1. The Morgan fingerprint density at radius 1 is 1.07 bits per heavy atom. The number of hydrogen-bond donors (Lipinski definition) is 2. The summed E-state index contributed by atoms with van der Waals surface area (Å²) in [5.74, 6) is -0.623. The largest absolute Gasteiger partial charge is 0.482 e. The molecule has 0 aliphatic carbocycles. The molecule has 8 heteroatoms. The van der Waals surface area contributed by atoms with Gasteiger partial charge in [0.25, 0.3) is 17.7 Å². The quantitative estimate of drug-likeness (QED) is 0.774. The molecular formula is C20H17N3O5. The van der Waals surface area contributed by atoms with Gasteiger partial charge in [0.15, 0.2) is 6.61 Å². The first-order chi connectivity index (χ1) is 13.5. The number of nitrogens with zero attached hydrogens (tertiary/aromatic N) is 1. The van der Waals surface area contributed by atoms with Gasteiger partial charge in [0.2, 0.25) is 5.91 Å². The Morgan fingerprint density at radius 3 is 2.50 bits per heavy atom. The van der Waals surface area contributed by atoms with Crippen molar-refractivity contribution < 1.29 is 23.9 Å². The monoisotopic (exact) mass is 379 g/mol. The smallest absolute Gasteiger partial charge is 0.262 e. The molecule has 0 bridgehead atoms. The van der Waals surface area contributed by atoms with Crippen molar-refractivity contribution in [2.45, 2.75) is 12.8 Å². The van der Waals surface area contributed by atoms with E-state index in [2.05, 4.69) is 10.6 Å². The number of amides is 4. The van der Waals surface area contributed by atoms with Crippen LogP contribution in [0.3, 0.4) is 0 Å². The van der Waals surface area contributed by atoms with Crippen molar-refractivity contribution in [1.82, 2.24) is 4.90 Å². The van der Waals surface area contributed by atoms with Crippen LogP contribution in [0.25, 0.3) is 0 Å². The zero-order valence-electron chi connectivity index (χ0n) is 14.9. The van der Waals surface area contributed by atoms with E-state index in [9.17, 15) is 19.2 Å². The summed E-state index contributed by atoms with van der Waals surface area (Å²) in [6.07, 6.45) is 0.511. The van der Waals surface area contributed by atoms with E-state index < -0.39 is 0 Å². The minimum absolute atomic E-state index is 0.0648.